The Morgan fingerprint density at radius 2 is 2.09 bits per heavy atom. The van der Waals surface area contributed by atoms with Gasteiger partial charge in [0.1, 0.15) is 17.4 Å². The molecule has 0 radical (unpaired) electrons. The molecule has 2 bridgehead atoms. The van der Waals surface area contributed by atoms with Crippen LogP contribution in [0.4, 0.5) is 14.6 Å². The Balaban J connectivity index is 1.24. The summed E-state index contributed by atoms with van der Waals surface area (Å²) in [5.74, 6) is 0.272. The number of carbonyl (C=O) groups excluding carboxylic acids is 1. The van der Waals surface area contributed by atoms with E-state index >= 15 is 0 Å². The second-order valence-electron chi connectivity index (χ2n) is 9.29. The minimum atomic E-state index is -2.65. The van der Waals surface area contributed by atoms with Gasteiger partial charge in [-0.05, 0) is 25.3 Å². The fraction of sp³-hybridized carbons (Fsp3) is 0.591. The van der Waals surface area contributed by atoms with Gasteiger partial charge in [-0.25, -0.2) is 23.7 Å². The molecule has 33 heavy (non-hydrogen) atoms. The molecule has 2 saturated heterocycles. The molecule has 2 unspecified atom stereocenters. The van der Waals surface area contributed by atoms with Crippen molar-refractivity contribution >= 4 is 17.4 Å². The Bertz CT molecular complexity index is 1080. The first kappa shape index (κ1) is 20.8. The van der Waals surface area contributed by atoms with E-state index in [1.165, 1.54) is 17.1 Å². The van der Waals surface area contributed by atoms with E-state index in [0.29, 0.717) is 12.3 Å². The third kappa shape index (κ3) is 3.72. The number of alkyl halides is 2. The molecule has 3 atom stereocenters. The highest BCUT2D eigenvalue weighted by molar-refractivity contribution is 6.00. The summed E-state index contributed by atoms with van der Waals surface area (Å²) in [6, 6.07) is 1.08. The maximum absolute atomic E-state index is 13.7. The van der Waals surface area contributed by atoms with Crippen LogP contribution in [0.5, 0.6) is 0 Å². The number of nitrogens with zero attached hydrogens (tertiary/aromatic N) is 5. The summed E-state index contributed by atoms with van der Waals surface area (Å²) in [6.07, 6.45) is 8.61. The second-order valence-corrected chi connectivity index (χ2v) is 9.29. The summed E-state index contributed by atoms with van der Waals surface area (Å²) < 4.78 is 34.7. The molecule has 3 fully saturated rings. The highest BCUT2D eigenvalue weighted by Gasteiger charge is 2.40. The number of carbonyl (C=O) groups is 1. The number of nitrogens with one attached hydrogen (secondary N) is 2. The van der Waals surface area contributed by atoms with Gasteiger partial charge in [0.15, 0.2) is 5.65 Å². The lowest BCUT2D eigenvalue weighted by atomic mass is 9.95. The van der Waals surface area contributed by atoms with Crippen LogP contribution in [-0.4, -0.2) is 69.3 Å². The summed E-state index contributed by atoms with van der Waals surface area (Å²) in [5.41, 5.74) is 3.71. The number of hydrazine groups is 1. The average molecular weight is 460 g/mol. The highest BCUT2D eigenvalue weighted by Crippen LogP contribution is 2.32. The zero-order valence-electron chi connectivity index (χ0n) is 18.2. The number of aromatic nitrogens is 3. The Morgan fingerprint density at radius 3 is 2.82 bits per heavy atom. The number of hydrogen-bond donors (Lipinski definition) is 2. The van der Waals surface area contributed by atoms with Crippen LogP contribution in [0.1, 0.15) is 48.9 Å². The van der Waals surface area contributed by atoms with Crippen molar-refractivity contribution in [2.75, 3.05) is 18.1 Å². The van der Waals surface area contributed by atoms with Crippen LogP contribution < -0.4 is 15.6 Å². The molecule has 1 amide bonds. The van der Waals surface area contributed by atoms with Crippen LogP contribution in [0.2, 0.25) is 0 Å². The van der Waals surface area contributed by atoms with Gasteiger partial charge in [-0.2, -0.15) is 5.10 Å². The number of halogens is 2. The van der Waals surface area contributed by atoms with Gasteiger partial charge < -0.3 is 20.0 Å². The standard InChI is InChI=1S/C22H27F2N7O2/c23-20(24)19-17(11-31(28-19)13-4-2-1-3-5-13)26-22(32)16-9-25-30-7-6-18(27-21(16)30)29-10-15-8-14(29)12-33-15/h6-7,9,11,13-15,19-20,28H,1-5,8,10,12H2,(H,26,32)/t14-,15?,19?/m1/s1. The van der Waals surface area contributed by atoms with E-state index in [4.69, 9.17) is 9.72 Å². The van der Waals surface area contributed by atoms with Gasteiger partial charge in [0.2, 0.25) is 0 Å². The highest BCUT2D eigenvalue weighted by atomic mass is 19.3. The molecule has 0 aromatic carbocycles. The third-order valence-corrected chi connectivity index (χ3v) is 7.17. The minimum absolute atomic E-state index is 0.162. The molecule has 3 aliphatic heterocycles. The number of morpholine rings is 1. The van der Waals surface area contributed by atoms with Crippen molar-refractivity contribution in [2.45, 2.75) is 69.2 Å². The van der Waals surface area contributed by atoms with E-state index in [2.05, 4.69) is 20.7 Å². The number of fused-ring (bicyclic) bond motifs is 3. The molecule has 2 aromatic heterocycles. The summed E-state index contributed by atoms with van der Waals surface area (Å²) in [4.78, 5) is 20.0. The Morgan fingerprint density at radius 1 is 1.24 bits per heavy atom. The molecule has 4 aliphatic rings. The molecule has 1 aliphatic carbocycles. The summed E-state index contributed by atoms with van der Waals surface area (Å²) >= 11 is 0. The van der Waals surface area contributed by atoms with Gasteiger partial charge in [-0.1, -0.05) is 19.3 Å². The first-order valence-electron chi connectivity index (χ1n) is 11.6. The molecular weight excluding hydrogens is 432 g/mol. The van der Waals surface area contributed by atoms with Gasteiger partial charge in [0.05, 0.1) is 30.6 Å². The minimum Gasteiger partial charge on any atom is -0.374 e. The van der Waals surface area contributed by atoms with E-state index in [1.54, 1.807) is 17.4 Å². The normalized spacial score (nSPS) is 27.7. The van der Waals surface area contributed by atoms with Gasteiger partial charge in [-0.3, -0.25) is 4.79 Å². The van der Waals surface area contributed by atoms with Crippen molar-refractivity contribution in [3.63, 3.8) is 0 Å². The molecular formula is C22H27F2N7O2. The summed E-state index contributed by atoms with van der Waals surface area (Å²) in [6.45, 7) is 1.45. The second kappa shape index (κ2) is 8.21. The van der Waals surface area contributed by atoms with E-state index < -0.39 is 18.4 Å². The topological polar surface area (TPSA) is 87.0 Å². The van der Waals surface area contributed by atoms with Crippen LogP contribution in [0.3, 0.4) is 0 Å². The third-order valence-electron chi connectivity index (χ3n) is 7.17. The molecule has 9 nitrogen and oxygen atoms in total. The van der Waals surface area contributed by atoms with Crippen LogP contribution in [-0.2, 0) is 4.74 Å². The lowest BCUT2D eigenvalue weighted by Gasteiger charge is -2.31. The van der Waals surface area contributed by atoms with Gasteiger partial charge in [0, 0.05) is 25.0 Å². The van der Waals surface area contributed by atoms with Gasteiger partial charge in [0.25, 0.3) is 12.3 Å². The van der Waals surface area contributed by atoms with E-state index in [-0.39, 0.29) is 29.4 Å². The smallest absolute Gasteiger partial charge is 0.261 e. The first-order valence-corrected chi connectivity index (χ1v) is 11.6. The Kier molecular flexibility index (Phi) is 5.17. The fourth-order valence-corrected chi connectivity index (χ4v) is 5.43. The fourth-order valence-electron chi connectivity index (χ4n) is 5.43. The number of rotatable bonds is 5. The molecule has 0 spiro atoms. The summed E-state index contributed by atoms with van der Waals surface area (Å²) in [5, 5.41) is 8.68. The quantitative estimate of drug-likeness (QED) is 0.708. The zero-order valence-corrected chi connectivity index (χ0v) is 18.2. The van der Waals surface area contributed by atoms with Crippen molar-refractivity contribution in [3.8, 4) is 0 Å². The zero-order chi connectivity index (χ0) is 22.5. The molecule has 11 heteroatoms. The number of hydrogen-bond acceptors (Lipinski definition) is 7. The molecule has 2 N–H and O–H groups in total. The maximum atomic E-state index is 13.7. The molecule has 6 rings (SSSR count). The van der Waals surface area contributed by atoms with Crippen molar-refractivity contribution in [2.24, 2.45) is 0 Å². The Hall–Kier alpha value is -2.79. The van der Waals surface area contributed by atoms with Crippen molar-refractivity contribution in [1.29, 1.82) is 0 Å². The van der Waals surface area contributed by atoms with Crippen molar-refractivity contribution in [3.05, 3.63) is 35.9 Å². The van der Waals surface area contributed by atoms with Crippen LogP contribution in [0, 0.1) is 0 Å². The number of anilines is 1. The van der Waals surface area contributed by atoms with Crippen molar-refractivity contribution < 1.29 is 18.3 Å². The maximum Gasteiger partial charge on any atom is 0.261 e. The molecule has 1 saturated carbocycles. The average Bonchev–Trinajstić information content (AvgIpc) is 3.61. The Labute approximate surface area is 189 Å². The molecule has 176 valence electrons. The number of ether oxygens (including phenoxy) is 1. The predicted molar refractivity (Wildman–Crippen MR) is 116 cm³/mol. The first-order chi connectivity index (χ1) is 16.1. The lowest BCUT2D eigenvalue weighted by Crippen LogP contribution is -2.47. The summed E-state index contributed by atoms with van der Waals surface area (Å²) in [7, 11) is 0. The largest absolute Gasteiger partial charge is 0.374 e. The molecule has 2 aromatic rings. The molecule has 5 heterocycles. The lowest BCUT2D eigenvalue weighted by molar-refractivity contribution is 0.0693. The van der Waals surface area contributed by atoms with E-state index in [9.17, 15) is 13.6 Å². The van der Waals surface area contributed by atoms with Crippen LogP contribution in [0.15, 0.2) is 30.4 Å². The number of amides is 1. The predicted octanol–water partition coefficient (Wildman–Crippen LogP) is 2.06. The van der Waals surface area contributed by atoms with Gasteiger partial charge in [-0.15, -0.1) is 0 Å². The monoisotopic (exact) mass is 459 g/mol. The van der Waals surface area contributed by atoms with E-state index in [1.807, 2.05) is 6.07 Å². The van der Waals surface area contributed by atoms with Crippen molar-refractivity contribution in [1.82, 2.24) is 30.3 Å². The van der Waals surface area contributed by atoms with Gasteiger partial charge >= 0.3 is 0 Å². The van der Waals surface area contributed by atoms with E-state index in [0.717, 1.165) is 44.5 Å². The van der Waals surface area contributed by atoms with Crippen LogP contribution in [0.25, 0.3) is 5.65 Å². The van der Waals surface area contributed by atoms with Crippen LogP contribution >= 0.6 is 0 Å². The SMILES string of the molecule is O=C(NC1=CN(C2CCCCC2)NC1C(F)F)c1cnn2ccc(N3CC4C[C@@H]3CO4)nc12.